The molecule has 0 aliphatic rings. The Hall–Kier alpha value is -0.880. The minimum Gasteiger partial charge on any atom is -0.237 e. The maximum Gasteiger partial charge on any atom is 0.416 e. The average Bonchev–Trinajstić information content (AvgIpc) is 2.63. The molecule has 0 atom stereocenters. The zero-order chi connectivity index (χ0) is 11.8. The SMILES string of the molecule is FC(F)(F)c1cccc(-c2scnc2Br)c1. The predicted molar refractivity (Wildman–Crippen MR) is 60.3 cm³/mol. The van der Waals surface area contributed by atoms with Gasteiger partial charge in [0.1, 0.15) is 4.60 Å². The second-order valence-electron chi connectivity index (χ2n) is 3.05. The summed E-state index contributed by atoms with van der Waals surface area (Å²) in [5.74, 6) is 0. The molecule has 1 aromatic heterocycles. The standard InChI is InChI=1S/C10H5BrF3NS/c11-9-8(16-5-15-9)6-2-1-3-7(4-6)10(12,13)14/h1-5H. The summed E-state index contributed by atoms with van der Waals surface area (Å²) in [5.41, 5.74) is 1.45. The molecule has 0 saturated carbocycles. The Morgan fingerprint density at radius 2 is 2.00 bits per heavy atom. The van der Waals surface area contributed by atoms with Crippen molar-refractivity contribution in [3.05, 3.63) is 39.9 Å². The van der Waals surface area contributed by atoms with E-state index in [9.17, 15) is 13.2 Å². The van der Waals surface area contributed by atoms with Crippen LogP contribution in [0.1, 0.15) is 5.56 Å². The summed E-state index contributed by atoms with van der Waals surface area (Å²) in [6, 6.07) is 5.20. The van der Waals surface area contributed by atoms with Gasteiger partial charge in [0.25, 0.3) is 0 Å². The first-order valence-corrected chi connectivity index (χ1v) is 5.92. The maximum absolute atomic E-state index is 12.5. The molecule has 2 aromatic rings. The van der Waals surface area contributed by atoms with Crippen molar-refractivity contribution >= 4 is 27.3 Å². The number of hydrogen-bond acceptors (Lipinski definition) is 2. The molecule has 0 unspecified atom stereocenters. The van der Waals surface area contributed by atoms with Gasteiger partial charge < -0.3 is 0 Å². The van der Waals surface area contributed by atoms with Crippen LogP contribution in [0.3, 0.4) is 0 Å². The largest absolute Gasteiger partial charge is 0.416 e. The van der Waals surface area contributed by atoms with Gasteiger partial charge in [0.2, 0.25) is 0 Å². The lowest BCUT2D eigenvalue weighted by Gasteiger charge is -2.07. The predicted octanol–water partition coefficient (Wildman–Crippen LogP) is 4.59. The van der Waals surface area contributed by atoms with E-state index in [1.807, 2.05) is 0 Å². The molecule has 0 saturated heterocycles. The molecule has 6 heteroatoms. The highest BCUT2D eigenvalue weighted by atomic mass is 79.9. The van der Waals surface area contributed by atoms with Gasteiger partial charge in [-0.15, -0.1) is 11.3 Å². The molecular weight excluding hydrogens is 303 g/mol. The third-order valence-electron chi connectivity index (χ3n) is 1.98. The highest BCUT2D eigenvalue weighted by molar-refractivity contribution is 9.10. The third-order valence-corrected chi connectivity index (χ3v) is 3.72. The average molecular weight is 308 g/mol. The molecule has 0 spiro atoms. The Morgan fingerprint density at radius 3 is 2.56 bits per heavy atom. The second kappa shape index (κ2) is 4.18. The number of alkyl halides is 3. The highest BCUT2D eigenvalue weighted by Crippen LogP contribution is 2.35. The van der Waals surface area contributed by atoms with Crippen molar-refractivity contribution in [2.75, 3.05) is 0 Å². The Labute approximate surface area is 102 Å². The van der Waals surface area contributed by atoms with E-state index in [0.29, 0.717) is 15.0 Å². The van der Waals surface area contributed by atoms with E-state index in [0.717, 1.165) is 12.1 Å². The summed E-state index contributed by atoms with van der Waals surface area (Å²) in [6.45, 7) is 0. The van der Waals surface area contributed by atoms with Crippen LogP contribution in [0.5, 0.6) is 0 Å². The molecular formula is C10H5BrF3NS. The molecule has 1 aromatic carbocycles. The summed E-state index contributed by atoms with van der Waals surface area (Å²) in [6.07, 6.45) is -4.31. The van der Waals surface area contributed by atoms with Crippen LogP contribution in [0, 0.1) is 0 Å². The van der Waals surface area contributed by atoms with E-state index < -0.39 is 11.7 Å². The van der Waals surface area contributed by atoms with Gasteiger partial charge >= 0.3 is 6.18 Å². The lowest BCUT2D eigenvalue weighted by molar-refractivity contribution is -0.137. The first-order chi connectivity index (χ1) is 7.48. The lowest BCUT2D eigenvalue weighted by atomic mass is 10.1. The number of thiazole rings is 1. The van der Waals surface area contributed by atoms with Gasteiger partial charge in [-0.05, 0) is 33.6 Å². The fourth-order valence-corrected chi connectivity index (χ4v) is 2.68. The first kappa shape index (κ1) is 11.6. The van der Waals surface area contributed by atoms with Gasteiger partial charge in [0, 0.05) is 0 Å². The van der Waals surface area contributed by atoms with Crippen molar-refractivity contribution in [3.8, 4) is 10.4 Å². The minimum absolute atomic E-state index is 0.518. The molecule has 0 fully saturated rings. The van der Waals surface area contributed by atoms with E-state index in [-0.39, 0.29) is 0 Å². The van der Waals surface area contributed by atoms with Gasteiger partial charge in [-0.25, -0.2) is 4.98 Å². The smallest absolute Gasteiger partial charge is 0.237 e. The van der Waals surface area contributed by atoms with Gasteiger partial charge in [-0.2, -0.15) is 13.2 Å². The van der Waals surface area contributed by atoms with Crippen LogP contribution in [0.15, 0.2) is 34.4 Å². The molecule has 0 N–H and O–H groups in total. The number of halogens is 4. The van der Waals surface area contributed by atoms with Crippen LogP contribution in [-0.2, 0) is 6.18 Å². The molecule has 16 heavy (non-hydrogen) atoms. The highest BCUT2D eigenvalue weighted by Gasteiger charge is 2.30. The monoisotopic (exact) mass is 307 g/mol. The van der Waals surface area contributed by atoms with Crippen molar-refractivity contribution < 1.29 is 13.2 Å². The molecule has 0 aliphatic heterocycles. The molecule has 0 bridgehead atoms. The summed E-state index contributed by atoms with van der Waals surface area (Å²) in [4.78, 5) is 4.64. The van der Waals surface area contributed by atoms with Gasteiger partial charge in [0.05, 0.1) is 16.0 Å². The third kappa shape index (κ3) is 2.27. The number of aromatic nitrogens is 1. The Kier molecular flexibility index (Phi) is 3.03. The van der Waals surface area contributed by atoms with E-state index in [2.05, 4.69) is 20.9 Å². The zero-order valence-corrected chi connectivity index (χ0v) is 10.2. The molecule has 0 aliphatic carbocycles. The fraction of sp³-hybridized carbons (Fsp3) is 0.100. The Morgan fingerprint density at radius 1 is 1.25 bits per heavy atom. The second-order valence-corrected chi connectivity index (χ2v) is 4.66. The van der Waals surface area contributed by atoms with Gasteiger partial charge in [-0.1, -0.05) is 12.1 Å². The van der Waals surface area contributed by atoms with Gasteiger partial charge in [-0.3, -0.25) is 0 Å². The minimum atomic E-state index is -4.31. The van der Waals surface area contributed by atoms with Crippen LogP contribution in [-0.4, -0.2) is 4.98 Å². The quantitative estimate of drug-likeness (QED) is 0.751. The summed E-state index contributed by atoms with van der Waals surface area (Å²) in [7, 11) is 0. The van der Waals surface area contributed by atoms with Crippen LogP contribution >= 0.6 is 27.3 Å². The van der Waals surface area contributed by atoms with E-state index in [4.69, 9.17) is 0 Å². The molecule has 1 nitrogen and oxygen atoms in total. The molecule has 2 rings (SSSR count). The molecule has 1 heterocycles. The van der Waals surface area contributed by atoms with Crippen molar-refractivity contribution in [2.24, 2.45) is 0 Å². The van der Waals surface area contributed by atoms with Crippen molar-refractivity contribution in [3.63, 3.8) is 0 Å². The Balaban J connectivity index is 2.49. The number of rotatable bonds is 1. The number of nitrogens with zero attached hydrogens (tertiary/aromatic N) is 1. The van der Waals surface area contributed by atoms with E-state index in [1.54, 1.807) is 11.6 Å². The number of hydrogen-bond donors (Lipinski definition) is 0. The zero-order valence-electron chi connectivity index (χ0n) is 7.75. The van der Waals surface area contributed by atoms with Gasteiger partial charge in [0.15, 0.2) is 0 Å². The number of benzene rings is 1. The lowest BCUT2D eigenvalue weighted by Crippen LogP contribution is -2.04. The van der Waals surface area contributed by atoms with E-state index in [1.165, 1.54) is 17.4 Å². The topological polar surface area (TPSA) is 12.9 Å². The fourth-order valence-electron chi connectivity index (χ4n) is 1.26. The summed E-state index contributed by atoms with van der Waals surface area (Å²) >= 11 is 4.49. The van der Waals surface area contributed by atoms with Crippen LogP contribution in [0.4, 0.5) is 13.2 Å². The maximum atomic E-state index is 12.5. The summed E-state index contributed by atoms with van der Waals surface area (Å²) in [5, 5.41) is 0. The molecule has 84 valence electrons. The van der Waals surface area contributed by atoms with Crippen molar-refractivity contribution in [1.29, 1.82) is 0 Å². The molecule has 0 radical (unpaired) electrons. The van der Waals surface area contributed by atoms with Crippen molar-refractivity contribution in [2.45, 2.75) is 6.18 Å². The van der Waals surface area contributed by atoms with Crippen LogP contribution in [0.2, 0.25) is 0 Å². The van der Waals surface area contributed by atoms with Crippen LogP contribution in [0.25, 0.3) is 10.4 Å². The normalized spacial score (nSPS) is 11.8. The van der Waals surface area contributed by atoms with Crippen molar-refractivity contribution in [1.82, 2.24) is 4.98 Å². The first-order valence-electron chi connectivity index (χ1n) is 4.25. The Bertz CT molecular complexity index is 507. The molecule has 0 amide bonds. The van der Waals surface area contributed by atoms with E-state index >= 15 is 0 Å². The van der Waals surface area contributed by atoms with Crippen LogP contribution < -0.4 is 0 Å². The summed E-state index contributed by atoms with van der Waals surface area (Å²) < 4.78 is 38.0.